The zero-order chi connectivity index (χ0) is 22.7. The summed E-state index contributed by atoms with van der Waals surface area (Å²) >= 11 is 1.31. The Hall–Kier alpha value is -4.20. The summed E-state index contributed by atoms with van der Waals surface area (Å²) in [5.74, 6) is 1.31. The number of nitrogens with zero attached hydrogens (tertiary/aromatic N) is 5. The monoisotopic (exact) mass is 437 g/mol. The van der Waals surface area contributed by atoms with Crippen LogP contribution in [0.4, 0.5) is 5.82 Å². The highest BCUT2D eigenvalue weighted by Crippen LogP contribution is 2.33. The molecule has 0 N–H and O–H groups in total. The lowest BCUT2D eigenvalue weighted by Gasteiger charge is -2.17. The molecule has 0 amide bonds. The molecule has 0 radical (unpaired) electrons. The summed E-state index contributed by atoms with van der Waals surface area (Å²) in [6.07, 6.45) is 1.98. The van der Waals surface area contributed by atoms with Crippen LogP contribution >= 0.6 is 11.3 Å². The Morgan fingerprint density at radius 3 is 2.41 bits per heavy atom. The van der Waals surface area contributed by atoms with Crippen LogP contribution in [0.5, 0.6) is 5.88 Å². The van der Waals surface area contributed by atoms with Crippen LogP contribution in [0.25, 0.3) is 38.6 Å². The Bertz CT molecular complexity index is 1490. The van der Waals surface area contributed by atoms with Crippen molar-refractivity contribution < 1.29 is 4.74 Å². The molecule has 32 heavy (non-hydrogen) atoms. The van der Waals surface area contributed by atoms with Crippen LogP contribution in [0.3, 0.4) is 0 Å². The number of hydrogen-bond donors (Lipinski definition) is 0. The van der Waals surface area contributed by atoms with Crippen molar-refractivity contribution in [1.82, 2.24) is 9.97 Å². The van der Waals surface area contributed by atoms with Gasteiger partial charge in [0.05, 0.1) is 30.0 Å². The summed E-state index contributed by atoms with van der Waals surface area (Å²) in [4.78, 5) is 14.7. The molecule has 0 spiro atoms. The van der Waals surface area contributed by atoms with Gasteiger partial charge in [-0.05, 0) is 11.5 Å². The predicted octanol–water partition coefficient (Wildman–Crippen LogP) is 3.81. The summed E-state index contributed by atoms with van der Waals surface area (Å²) in [6.45, 7) is 7.33. The minimum atomic E-state index is -0.0234. The zero-order valence-corrected chi connectivity index (χ0v) is 18.6. The first-order valence-corrected chi connectivity index (χ1v) is 10.6. The summed E-state index contributed by atoms with van der Waals surface area (Å²) in [5.41, 5.74) is 2.42. The Morgan fingerprint density at radius 1 is 1.09 bits per heavy atom. The fraction of sp³-hybridized carbons (Fsp3) is 0.120. The number of fused-ring (bicyclic) bond motifs is 1. The molecule has 0 aliphatic carbocycles. The molecule has 0 saturated carbocycles. The summed E-state index contributed by atoms with van der Waals surface area (Å²) in [7, 11) is 5.50. The smallest absolute Gasteiger partial charge is 0.296 e. The first-order valence-electron chi connectivity index (χ1n) is 9.77. The molecule has 7 heteroatoms. The topological polar surface area (TPSA) is 66.4 Å². The van der Waals surface area contributed by atoms with Gasteiger partial charge in [-0.25, -0.2) is 15.1 Å². The fourth-order valence-electron chi connectivity index (χ4n) is 3.47. The maximum atomic E-state index is 9.37. The van der Waals surface area contributed by atoms with E-state index in [9.17, 15) is 5.26 Å². The second-order valence-electron chi connectivity index (χ2n) is 7.11. The first-order chi connectivity index (χ1) is 15.6. The highest BCUT2D eigenvalue weighted by Gasteiger charge is 2.16. The van der Waals surface area contributed by atoms with E-state index >= 15 is 0 Å². The van der Waals surface area contributed by atoms with Crippen LogP contribution in [0.1, 0.15) is 5.56 Å². The average molecular weight is 438 g/mol. The van der Waals surface area contributed by atoms with E-state index in [4.69, 9.17) is 16.3 Å². The van der Waals surface area contributed by atoms with Gasteiger partial charge in [-0.2, -0.15) is 4.98 Å². The molecule has 0 bridgehead atoms. The minimum absolute atomic E-state index is 0.0234. The largest absolute Gasteiger partial charge is 0.480 e. The highest BCUT2D eigenvalue weighted by molar-refractivity contribution is 7.08. The van der Waals surface area contributed by atoms with Gasteiger partial charge in [0.25, 0.3) is 5.70 Å². The summed E-state index contributed by atoms with van der Waals surface area (Å²) < 4.78 is 6.89. The second-order valence-corrected chi connectivity index (χ2v) is 8.14. The molecule has 0 saturated heterocycles. The molecular weight excluding hydrogens is 418 g/mol. The lowest BCUT2D eigenvalue weighted by atomic mass is 10.0. The Kier molecular flexibility index (Phi) is 5.85. The van der Waals surface area contributed by atoms with Crippen molar-refractivity contribution in [3.63, 3.8) is 0 Å². The van der Waals surface area contributed by atoms with E-state index in [1.807, 2.05) is 85.7 Å². The molecule has 0 aliphatic rings. The van der Waals surface area contributed by atoms with Crippen molar-refractivity contribution in [3.05, 3.63) is 80.8 Å². The predicted molar refractivity (Wildman–Crippen MR) is 129 cm³/mol. The van der Waals surface area contributed by atoms with E-state index in [0.717, 1.165) is 32.2 Å². The van der Waals surface area contributed by atoms with Crippen LogP contribution in [-0.2, 0) is 0 Å². The Balaban J connectivity index is 2.12. The maximum Gasteiger partial charge on any atom is 0.296 e. The number of aromatic nitrogens is 2. The number of methoxy groups -OCH3 is 1. The van der Waals surface area contributed by atoms with Crippen molar-refractivity contribution in [1.29, 1.82) is 5.26 Å². The standard InChI is InChI=1S/C25H19N5OS/c1-27-20(15-26)25-28-22(16-10-6-5-7-11-16)21(32-25)14-19-17-12-8-9-13-18(17)23(30(2)3)29-24(19)31-4/h5-14H,2-4H3/b21-14-,25-20-. The first kappa shape index (κ1) is 21.0. The Morgan fingerprint density at radius 2 is 1.78 bits per heavy atom. The van der Waals surface area contributed by atoms with E-state index in [-0.39, 0.29) is 5.70 Å². The van der Waals surface area contributed by atoms with E-state index < -0.39 is 0 Å². The van der Waals surface area contributed by atoms with Crippen molar-refractivity contribution >= 4 is 39.7 Å². The second kappa shape index (κ2) is 8.89. The van der Waals surface area contributed by atoms with Crippen LogP contribution in [0, 0.1) is 17.9 Å². The maximum absolute atomic E-state index is 9.37. The third-order valence-corrected chi connectivity index (χ3v) is 5.92. The summed E-state index contributed by atoms with van der Waals surface area (Å²) in [5, 5.41) is 11.4. The number of ether oxygens (including phenoxy) is 1. The molecule has 0 unspecified atom stereocenters. The molecule has 2 heterocycles. The Labute approximate surface area is 189 Å². The van der Waals surface area contributed by atoms with Gasteiger partial charge in [-0.3, -0.25) is 0 Å². The average Bonchev–Trinajstić information content (AvgIpc) is 3.24. The molecule has 6 nitrogen and oxygen atoms in total. The number of rotatable bonds is 4. The van der Waals surface area contributed by atoms with Gasteiger partial charge in [0.2, 0.25) is 5.88 Å². The molecular formula is C25H19N5OS. The normalized spacial score (nSPS) is 12.2. The molecule has 0 aliphatic heterocycles. The van der Waals surface area contributed by atoms with Gasteiger partial charge in [0.15, 0.2) is 0 Å². The minimum Gasteiger partial charge on any atom is -0.480 e. The third-order valence-electron chi connectivity index (χ3n) is 4.91. The lowest BCUT2D eigenvalue weighted by molar-refractivity contribution is 0.398. The van der Waals surface area contributed by atoms with Crippen LogP contribution in [-0.4, -0.2) is 31.2 Å². The number of benzene rings is 2. The van der Waals surface area contributed by atoms with Gasteiger partial charge in [0, 0.05) is 30.6 Å². The number of pyridine rings is 1. The van der Waals surface area contributed by atoms with E-state index in [2.05, 4.69) is 9.83 Å². The van der Waals surface area contributed by atoms with Gasteiger partial charge in [0.1, 0.15) is 10.5 Å². The number of nitriles is 1. The summed E-state index contributed by atoms with van der Waals surface area (Å²) in [6, 6.07) is 19.7. The third kappa shape index (κ3) is 3.78. The van der Waals surface area contributed by atoms with Gasteiger partial charge in [-0.15, -0.1) is 11.3 Å². The van der Waals surface area contributed by atoms with Crippen molar-refractivity contribution in [3.8, 4) is 23.2 Å². The van der Waals surface area contributed by atoms with Gasteiger partial charge >= 0.3 is 0 Å². The molecule has 2 aromatic heterocycles. The molecule has 0 atom stereocenters. The molecule has 4 aromatic rings. The number of hydrogen-bond acceptors (Lipinski definition) is 6. The quantitative estimate of drug-likeness (QED) is 0.454. The molecule has 2 aromatic carbocycles. The van der Waals surface area contributed by atoms with Crippen molar-refractivity contribution in [2.75, 3.05) is 26.1 Å². The molecule has 4 rings (SSSR count). The highest BCUT2D eigenvalue weighted by atomic mass is 32.1. The zero-order valence-electron chi connectivity index (χ0n) is 17.8. The van der Waals surface area contributed by atoms with Crippen LogP contribution < -0.4 is 18.8 Å². The lowest BCUT2D eigenvalue weighted by Crippen LogP contribution is -2.12. The molecule has 0 fully saturated rings. The van der Waals surface area contributed by atoms with E-state index in [0.29, 0.717) is 16.2 Å². The van der Waals surface area contributed by atoms with Crippen LogP contribution in [0.15, 0.2) is 54.6 Å². The van der Waals surface area contributed by atoms with Gasteiger partial charge in [-0.1, -0.05) is 54.6 Å². The SMILES string of the molecule is [C-]#[N+]/C(C#N)=c1/nc(-c2ccccc2)/c(=C/c2c(OC)nc(N(C)C)c3ccccc23)s1. The van der Waals surface area contributed by atoms with E-state index in [1.54, 1.807) is 7.11 Å². The number of thiazole rings is 1. The molecule has 156 valence electrons. The van der Waals surface area contributed by atoms with Crippen molar-refractivity contribution in [2.24, 2.45) is 0 Å². The van der Waals surface area contributed by atoms with E-state index in [1.165, 1.54) is 11.3 Å². The van der Waals surface area contributed by atoms with Crippen molar-refractivity contribution in [2.45, 2.75) is 0 Å². The fourth-order valence-corrected chi connectivity index (χ4v) is 4.44. The number of anilines is 1. The van der Waals surface area contributed by atoms with Crippen LogP contribution in [0.2, 0.25) is 0 Å². The van der Waals surface area contributed by atoms with Gasteiger partial charge < -0.3 is 9.64 Å².